The highest BCUT2D eigenvalue weighted by atomic mass is 16.3. The number of aromatic nitrogens is 1. The standard InChI is InChI=1S/C9H11NO/c11-9(4-1-5-9)8-2-6-10-7-3-8/h2-3,6-7,11H,1,4-5H2. The van der Waals surface area contributed by atoms with Gasteiger partial charge >= 0.3 is 0 Å². The first-order valence-electron chi connectivity index (χ1n) is 3.94. The second-order valence-corrected chi connectivity index (χ2v) is 3.12. The number of hydrogen-bond acceptors (Lipinski definition) is 2. The third-order valence-electron chi connectivity index (χ3n) is 2.40. The van der Waals surface area contributed by atoms with E-state index in [-0.39, 0.29) is 0 Å². The molecule has 0 spiro atoms. The summed E-state index contributed by atoms with van der Waals surface area (Å²) in [6.07, 6.45) is 6.39. The summed E-state index contributed by atoms with van der Waals surface area (Å²) in [4.78, 5) is 3.91. The molecule has 0 aliphatic heterocycles. The lowest BCUT2D eigenvalue weighted by Gasteiger charge is -2.36. The van der Waals surface area contributed by atoms with Gasteiger partial charge in [0, 0.05) is 12.4 Å². The Bertz CT molecular complexity index is 241. The first-order chi connectivity index (χ1) is 5.31. The molecule has 0 bridgehead atoms. The smallest absolute Gasteiger partial charge is 0.0897 e. The third kappa shape index (κ3) is 1.03. The Kier molecular flexibility index (Phi) is 1.43. The van der Waals surface area contributed by atoms with Gasteiger partial charge in [0.1, 0.15) is 0 Å². The van der Waals surface area contributed by atoms with Crippen molar-refractivity contribution < 1.29 is 5.11 Å². The first kappa shape index (κ1) is 6.80. The minimum atomic E-state index is -0.525. The lowest BCUT2D eigenvalue weighted by Crippen LogP contribution is -2.33. The minimum Gasteiger partial charge on any atom is -0.385 e. The minimum absolute atomic E-state index is 0.525. The molecule has 0 saturated heterocycles. The van der Waals surface area contributed by atoms with Gasteiger partial charge in [-0.1, -0.05) is 0 Å². The maximum atomic E-state index is 9.85. The van der Waals surface area contributed by atoms with E-state index in [0.717, 1.165) is 24.8 Å². The predicted octanol–water partition coefficient (Wildman–Crippen LogP) is 1.45. The Morgan fingerprint density at radius 1 is 1.27 bits per heavy atom. The normalized spacial score (nSPS) is 20.8. The number of aliphatic hydroxyl groups is 1. The highest BCUT2D eigenvalue weighted by Crippen LogP contribution is 2.40. The lowest BCUT2D eigenvalue weighted by molar-refractivity contribution is -0.0388. The molecule has 1 fully saturated rings. The molecule has 58 valence electrons. The van der Waals surface area contributed by atoms with Crippen molar-refractivity contribution in [1.82, 2.24) is 4.98 Å². The van der Waals surface area contributed by atoms with E-state index in [2.05, 4.69) is 4.98 Å². The quantitative estimate of drug-likeness (QED) is 0.655. The number of rotatable bonds is 1. The Morgan fingerprint density at radius 3 is 2.36 bits per heavy atom. The third-order valence-corrected chi connectivity index (χ3v) is 2.40. The van der Waals surface area contributed by atoms with Crippen LogP contribution in [0.15, 0.2) is 24.5 Å². The molecule has 2 nitrogen and oxygen atoms in total. The molecular weight excluding hydrogens is 138 g/mol. The Balaban J connectivity index is 2.29. The molecule has 1 heterocycles. The van der Waals surface area contributed by atoms with Gasteiger partial charge in [0.25, 0.3) is 0 Å². The molecule has 1 N–H and O–H groups in total. The fourth-order valence-corrected chi connectivity index (χ4v) is 1.46. The van der Waals surface area contributed by atoms with Crippen LogP contribution in [0, 0.1) is 0 Å². The maximum absolute atomic E-state index is 9.85. The Morgan fingerprint density at radius 2 is 1.91 bits per heavy atom. The van der Waals surface area contributed by atoms with Crippen LogP contribution in [0.25, 0.3) is 0 Å². The van der Waals surface area contributed by atoms with Gasteiger partial charge in [0.2, 0.25) is 0 Å². The van der Waals surface area contributed by atoms with E-state index in [1.54, 1.807) is 12.4 Å². The van der Waals surface area contributed by atoms with Crippen molar-refractivity contribution in [3.63, 3.8) is 0 Å². The summed E-state index contributed by atoms with van der Waals surface area (Å²) >= 11 is 0. The van der Waals surface area contributed by atoms with Crippen LogP contribution in [0.1, 0.15) is 24.8 Å². The molecule has 11 heavy (non-hydrogen) atoms. The van der Waals surface area contributed by atoms with Crippen LogP contribution in [0.2, 0.25) is 0 Å². The molecule has 1 aliphatic rings. The molecular formula is C9H11NO. The zero-order valence-electron chi connectivity index (χ0n) is 6.33. The summed E-state index contributed by atoms with van der Waals surface area (Å²) in [5.74, 6) is 0. The van der Waals surface area contributed by atoms with Crippen molar-refractivity contribution in [2.45, 2.75) is 24.9 Å². The Labute approximate surface area is 65.9 Å². The van der Waals surface area contributed by atoms with Crippen molar-refractivity contribution in [1.29, 1.82) is 0 Å². The van der Waals surface area contributed by atoms with E-state index in [1.165, 1.54) is 0 Å². The summed E-state index contributed by atoms with van der Waals surface area (Å²) in [5, 5.41) is 9.85. The summed E-state index contributed by atoms with van der Waals surface area (Å²) in [6.45, 7) is 0. The topological polar surface area (TPSA) is 33.1 Å². The molecule has 2 rings (SSSR count). The summed E-state index contributed by atoms with van der Waals surface area (Å²) in [6, 6.07) is 3.78. The molecule has 2 heteroatoms. The van der Waals surface area contributed by atoms with Crippen LogP contribution in [-0.2, 0) is 5.60 Å². The van der Waals surface area contributed by atoms with Gasteiger partial charge in [0.05, 0.1) is 5.60 Å². The van der Waals surface area contributed by atoms with Gasteiger partial charge in [-0.05, 0) is 37.0 Å². The SMILES string of the molecule is OC1(c2ccncc2)CCC1. The molecule has 1 aromatic rings. The molecule has 0 atom stereocenters. The van der Waals surface area contributed by atoms with Gasteiger partial charge in [-0.15, -0.1) is 0 Å². The maximum Gasteiger partial charge on any atom is 0.0897 e. The number of nitrogens with zero attached hydrogens (tertiary/aromatic N) is 1. The zero-order valence-corrected chi connectivity index (χ0v) is 6.33. The summed E-state index contributed by atoms with van der Waals surface area (Å²) in [5.41, 5.74) is 0.488. The molecule has 1 saturated carbocycles. The van der Waals surface area contributed by atoms with Gasteiger partial charge in [-0.25, -0.2) is 0 Å². The zero-order chi connectivity index (χ0) is 7.73. The highest BCUT2D eigenvalue weighted by Gasteiger charge is 2.35. The summed E-state index contributed by atoms with van der Waals surface area (Å²) < 4.78 is 0. The molecule has 0 amide bonds. The second kappa shape index (κ2) is 2.31. The average Bonchev–Trinajstić information content (AvgIpc) is 2.02. The van der Waals surface area contributed by atoms with E-state index in [1.807, 2.05) is 12.1 Å². The van der Waals surface area contributed by atoms with Crippen molar-refractivity contribution >= 4 is 0 Å². The van der Waals surface area contributed by atoms with E-state index in [9.17, 15) is 5.11 Å². The van der Waals surface area contributed by atoms with Crippen LogP contribution < -0.4 is 0 Å². The van der Waals surface area contributed by atoms with Crippen LogP contribution in [0.3, 0.4) is 0 Å². The fourth-order valence-electron chi connectivity index (χ4n) is 1.46. The predicted molar refractivity (Wildman–Crippen MR) is 42.0 cm³/mol. The van der Waals surface area contributed by atoms with E-state index in [0.29, 0.717) is 0 Å². The van der Waals surface area contributed by atoms with Crippen molar-refractivity contribution in [2.75, 3.05) is 0 Å². The molecule has 0 unspecified atom stereocenters. The molecule has 0 aromatic carbocycles. The number of hydrogen-bond donors (Lipinski definition) is 1. The van der Waals surface area contributed by atoms with E-state index >= 15 is 0 Å². The fraction of sp³-hybridized carbons (Fsp3) is 0.444. The highest BCUT2D eigenvalue weighted by molar-refractivity contribution is 5.21. The van der Waals surface area contributed by atoms with Gasteiger partial charge in [0.15, 0.2) is 0 Å². The largest absolute Gasteiger partial charge is 0.385 e. The first-order valence-corrected chi connectivity index (χ1v) is 3.94. The molecule has 1 aliphatic carbocycles. The van der Waals surface area contributed by atoms with E-state index < -0.39 is 5.60 Å². The van der Waals surface area contributed by atoms with Crippen molar-refractivity contribution in [2.24, 2.45) is 0 Å². The van der Waals surface area contributed by atoms with Crippen molar-refractivity contribution in [3.8, 4) is 0 Å². The van der Waals surface area contributed by atoms with Gasteiger partial charge in [-0.2, -0.15) is 0 Å². The monoisotopic (exact) mass is 149 g/mol. The van der Waals surface area contributed by atoms with Crippen LogP contribution in [0.5, 0.6) is 0 Å². The molecule has 1 aromatic heterocycles. The number of pyridine rings is 1. The van der Waals surface area contributed by atoms with Gasteiger partial charge in [-0.3, -0.25) is 4.98 Å². The average molecular weight is 149 g/mol. The van der Waals surface area contributed by atoms with Crippen LogP contribution in [0.4, 0.5) is 0 Å². The van der Waals surface area contributed by atoms with E-state index in [4.69, 9.17) is 0 Å². The van der Waals surface area contributed by atoms with Crippen molar-refractivity contribution in [3.05, 3.63) is 30.1 Å². The Hall–Kier alpha value is -0.890. The summed E-state index contributed by atoms with van der Waals surface area (Å²) in [7, 11) is 0. The molecule has 0 radical (unpaired) electrons. The second-order valence-electron chi connectivity index (χ2n) is 3.12. The van der Waals surface area contributed by atoms with Crippen LogP contribution in [-0.4, -0.2) is 10.1 Å². The van der Waals surface area contributed by atoms with Crippen LogP contribution >= 0.6 is 0 Å². The lowest BCUT2D eigenvalue weighted by atomic mass is 9.75. The van der Waals surface area contributed by atoms with Gasteiger partial charge < -0.3 is 5.11 Å².